The number of nitrogens with two attached hydrogens (primary N) is 1. The van der Waals surface area contributed by atoms with E-state index in [9.17, 15) is 14.5 Å². The number of amides is 1. The number of Topliss-reactive ketones (excluding diaryl/α,β-unsaturated/α-hetero) is 1. The molecule has 3 aromatic rings. The van der Waals surface area contributed by atoms with Gasteiger partial charge in [-0.15, -0.1) is 16.2 Å². The molecule has 9 heteroatoms. The van der Waals surface area contributed by atoms with Gasteiger partial charge in [0.15, 0.2) is 5.78 Å². The zero-order valence-electron chi connectivity index (χ0n) is 17.4. The SMILES string of the molecule is COc1cccc2c(C(=O)N3CCC4(CC3)CC(=O)c3cc(N=O)ccc3O4)c(N)sc12. The standard InChI is InChI=1S/C23H21N3O5S/c1-30-18-4-2-3-14-19(21(24)32-20(14)18)22(28)26-9-7-23(8-10-26)12-16(27)15-11-13(25-29)5-6-17(15)31-23/h2-6,11H,7-10,12,24H2,1H3. The van der Waals surface area contributed by atoms with Gasteiger partial charge in [0.2, 0.25) is 0 Å². The van der Waals surface area contributed by atoms with Crippen LogP contribution in [0.3, 0.4) is 0 Å². The second-order valence-electron chi connectivity index (χ2n) is 8.13. The summed E-state index contributed by atoms with van der Waals surface area (Å²) in [5.41, 5.74) is 6.67. The first kappa shape index (κ1) is 20.4. The minimum absolute atomic E-state index is 0.0725. The largest absolute Gasteiger partial charge is 0.495 e. The van der Waals surface area contributed by atoms with Gasteiger partial charge in [-0.1, -0.05) is 12.1 Å². The van der Waals surface area contributed by atoms with E-state index in [2.05, 4.69) is 5.18 Å². The molecule has 0 aliphatic carbocycles. The van der Waals surface area contributed by atoms with Crippen molar-refractivity contribution in [3.8, 4) is 11.5 Å². The van der Waals surface area contributed by atoms with Crippen LogP contribution in [0.2, 0.25) is 0 Å². The summed E-state index contributed by atoms with van der Waals surface area (Å²) in [6.45, 7) is 0.909. The molecule has 2 aromatic carbocycles. The summed E-state index contributed by atoms with van der Waals surface area (Å²) < 4.78 is 12.5. The molecule has 2 N–H and O–H groups in total. The number of rotatable bonds is 3. The van der Waals surface area contributed by atoms with Crippen LogP contribution in [0.4, 0.5) is 10.7 Å². The fourth-order valence-corrected chi connectivity index (χ4v) is 5.64. The molecule has 5 rings (SSSR count). The first-order valence-electron chi connectivity index (χ1n) is 10.3. The Morgan fingerprint density at radius 3 is 2.75 bits per heavy atom. The lowest BCUT2D eigenvalue weighted by molar-refractivity contribution is -0.00561. The van der Waals surface area contributed by atoms with Crippen LogP contribution in [0.5, 0.6) is 11.5 Å². The number of anilines is 1. The van der Waals surface area contributed by atoms with Crippen LogP contribution in [0.15, 0.2) is 41.6 Å². The quantitative estimate of drug-likeness (QED) is 0.586. The molecule has 1 spiro atoms. The van der Waals surface area contributed by atoms with Crippen LogP contribution >= 0.6 is 11.3 Å². The molecular formula is C23H21N3O5S. The first-order valence-corrected chi connectivity index (χ1v) is 11.1. The molecule has 8 nitrogen and oxygen atoms in total. The number of carbonyl (C=O) groups is 2. The van der Waals surface area contributed by atoms with Crippen LogP contribution in [0.25, 0.3) is 10.1 Å². The van der Waals surface area contributed by atoms with Crippen LogP contribution < -0.4 is 15.2 Å². The summed E-state index contributed by atoms with van der Waals surface area (Å²) in [5, 5.41) is 4.14. The summed E-state index contributed by atoms with van der Waals surface area (Å²) in [4.78, 5) is 38.7. The predicted octanol–water partition coefficient (Wildman–Crippen LogP) is 4.53. The number of benzene rings is 2. The highest BCUT2D eigenvalue weighted by atomic mass is 32.1. The van der Waals surface area contributed by atoms with E-state index in [1.165, 1.54) is 23.5 Å². The normalized spacial score (nSPS) is 17.2. The highest BCUT2D eigenvalue weighted by Crippen LogP contribution is 2.43. The molecule has 0 atom stereocenters. The van der Waals surface area contributed by atoms with E-state index in [0.29, 0.717) is 53.6 Å². The number of piperidine rings is 1. The summed E-state index contributed by atoms with van der Waals surface area (Å²) in [6, 6.07) is 10.2. The van der Waals surface area contributed by atoms with E-state index in [-0.39, 0.29) is 23.8 Å². The van der Waals surface area contributed by atoms with Crippen molar-refractivity contribution < 1.29 is 19.1 Å². The number of carbonyl (C=O) groups excluding carboxylic acids is 2. The second kappa shape index (κ2) is 7.59. The lowest BCUT2D eigenvalue weighted by Crippen LogP contribution is -2.52. The minimum Gasteiger partial charge on any atom is -0.495 e. The van der Waals surface area contributed by atoms with Crippen molar-refractivity contribution in [2.24, 2.45) is 5.18 Å². The topological polar surface area (TPSA) is 111 Å². The molecule has 1 amide bonds. The zero-order chi connectivity index (χ0) is 22.5. The molecule has 164 valence electrons. The molecule has 0 unspecified atom stereocenters. The van der Waals surface area contributed by atoms with Crippen molar-refractivity contribution in [3.63, 3.8) is 0 Å². The molecular weight excluding hydrogens is 430 g/mol. The molecule has 32 heavy (non-hydrogen) atoms. The van der Waals surface area contributed by atoms with E-state index < -0.39 is 5.60 Å². The number of nitroso groups, excluding NO2 is 1. The van der Waals surface area contributed by atoms with E-state index in [1.807, 2.05) is 18.2 Å². The van der Waals surface area contributed by atoms with Crippen LogP contribution in [0, 0.1) is 4.91 Å². The summed E-state index contributed by atoms with van der Waals surface area (Å²) in [7, 11) is 1.59. The number of ketones is 1. The Hall–Kier alpha value is -3.46. The van der Waals surface area contributed by atoms with E-state index in [1.54, 1.807) is 18.1 Å². The average Bonchev–Trinajstić information content (AvgIpc) is 3.14. The first-order chi connectivity index (χ1) is 15.4. The average molecular weight is 452 g/mol. The highest BCUT2D eigenvalue weighted by molar-refractivity contribution is 7.23. The van der Waals surface area contributed by atoms with Gasteiger partial charge < -0.3 is 20.1 Å². The fraction of sp³-hybridized carbons (Fsp3) is 0.304. The number of thiophene rings is 1. The molecule has 0 bridgehead atoms. The maximum absolute atomic E-state index is 13.4. The smallest absolute Gasteiger partial charge is 0.257 e. The molecule has 1 aromatic heterocycles. The Kier molecular flexibility index (Phi) is 4.85. The van der Waals surface area contributed by atoms with Crippen molar-refractivity contribution in [3.05, 3.63) is 52.4 Å². The maximum atomic E-state index is 13.4. The molecule has 2 aliphatic rings. The maximum Gasteiger partial charge on any atom is 0.257 e. The fourth-order valence-electron chi connectivity index (χ4n) is 4.59. The minimum atomic E-state index is -0.650. The van der Waals surface area contributed by atoms with Gasteiger partial charge in [0.25, 0.3) is 5.91 Å². The lowest BCUT2D eigenvalue weighted by Gasteiger charge is -2.44. The molecule has 1 fully saturated rings. The van der Waals surface area contributed by atoms with Crippen LogP contribution in [0.1, 0.15) is 40.0 Å². The molecule has 0 saturated carbocycles. The van der Waals surface area contributed by atoms with Gasteiger partial charge in [0.05, 0.1) is 34.4 Å². The van der Waals surface area contributed by atoms with Gasteiger partial charge in [0, 0.05) is 31.3 Å². The van der Waals surface area contributed by atoms with E-state index in [4.69, 9.17) is 15.2 Å². The highest BCUT2D eigenvalue weighted by Gasteiger charge is 2.44. The van der Waals surface area contributed by atoms with Gasteiger partial charge in [-0.25, -0.2) is 0 Å². The second-order valence-corrected chi connectivity index (χ2v) is 9.18. The number of ether oxygens (including phenoxy) is 2. The van der Waals surface area contributed by atoms with Gasteiger partial charge in [0.1, 0.15) is 22.8 Å². The number of methoxy groups -OCH3 is 1. The third-order valence-corrected chi connectivity index (χ3v) is 7.33. The van der Waals surface area contributed by atoms with Gasteiger partial charge in [-0.3, -0.25) is 9.59 Å². The molecule has 3 heterocycles. The summed E-state index contributed by atoms with van der Waals surface area (Å²) in [5.74, 6) is 0.961. The van der Waals surface area contributed by atoms with Crippen molar-refractivity contribution in [2.75, 3.05) is 25.9 Å². The van der Waals surface area contributed by atoms with E-state index in [0.717, 1.165) is 10.1 Å². The molecule has 2 aliphatic heterocycles. The number of likely N-dealkylation sites (tertiary alicyclic amines) is 1. The van der Waals surface area contributed by atoms with Crippen molar-refractivity contribution in [1.29, 1.82) is 0 Å². The number of hydrogen-bond donors (Lipinski definition) is 1. The zero-order valence-corrected chi connectivity index (χ0v) is 18.2. The van der Waals surface area contributed by atoms with Gasteiger partial charge >= 0.3 is 0 Å². The monoisotopic (exact) mass is 451 g/mol. The third kappa shape index (κ3) is 3.20. The van der Waals surface area contributed by atoms with Crippen molar-refractivity contribution in [1.82, 2.24) is 4.90 Å². The van der Waals surface area contributed by atoms with Gasteiger partial charge in [-0.05, 0) is 29.4 Å². The number of hydrogen-bond acceptors (Lipinski definition) is 8. The van der Waals surface area contributed by atoms with Gasteiger partial charge in [-0.2, -0.15) is 0 Å². The van der Waals surface area contributed by atoms with Crippen LogP contribution in [-0.4, -0.2) is 42.4 Å². The number of nitrogens with zero attached hydrogens (tertiary/aromatic N) is 2. The van der Waals surface area contributed by atoms with Crippen molar-refractivity contribution >= 4 is 43.8 Å². The Labute approximate surface area is 187 Å². The van der Waals surface area contributed by atoms with Crippen molar-refractivity contribution in [2.45, 2.75) is 24.9 Å². The Morgan fingerprint density at radius 1 is 1.25 bits per heavy atom. The Bertz CT molecular complexity index is 1260. The Morgan fingerprint density at radius 2 is 2.03 bits per heavy atom. The molecule has 1 saturated heterocycles. The summed E-state index contributed by atoms with van der Waals surface area (Å²) in [6.07, 6.45) is 1.27. The predicted molar refractivity (Wildman–Crippen MR) is 122 cm³/mol. The van der Waals surface area contributed by atoms with E-state index >= 15 is 0 Å². The number of nitrogen functional groups attached to an aromatic ring is 1. The number of fused-ring (bicyclic) bond motifs is 2. The third-order valence-electron chi connectivity index (χ3n) is 6.28. The molecule has 0 radical (unpaired) electrons. The Balaban J connectivity index is 1.37. The summed E-state index contributed by atoms with van der Waals surface area (Å²) >= 11 is 1.35. The van der Waals surface area contributed by atoms with Crippen LogP contribution in [-0.2, 0) is 0 Å². The lowest BCUT2D eigenvalue weighted by atomic mass is 9.82.